The molecule has 0 spiro atoms. The van der Waals surface area contributed by atoms with Crippen LogP contribution in [0.4, 0.5) is 0 Å². The predicted molar refractivity (Wildman–Crippen MR) is 107 cm³/mol. The Balaban J connectivity index is 0.00000288. The number of rotatable bonds is 9. The van der Waals surface area contributed by atoms with Crippen molar-refractivity contribution in [1.29, 1.82) is 0 Å². The van der Waals surface area contributed by atoms with E-state index in [1.54, 1.807) is 0 Å². The van der Waals surface area contributed by atoms with Gasteiger partial charge in [0.25, 0.3) is 0 Å². The van der Waals surface area contributed by atoms with Crippen LogP contribution in [0, 0.1) is 0 Å². The second kappa shape index (κ2) is 12.2. The summed E-state index contributed by atoms with van der Waals surface area (Å²) < 4.78 is 16.0. The third-order valence-corrected chi connectivity index (χ3v) is 3.41. The zero-order valence-corrected chi connectivity index (χ0v) is 16.8. The average Bonchev–Trinajstić information content (AvgIpc) is 3.02. The number of nitrogens with zero attached hydrogens (tertiary/aromatic N) is 1. The number of aliphatic imine (C=N–C) groups is 1. The summed E-state index contributed by atoms with van der Waals surface area (Å²) in [6, 6.07) is 6.07. The van der Waals surface area contributed by atoms with Gasteiger partial charge >= 0.3 is 0 Å². The van der Waals surface area contributed by atoms with Crippen molar-refractivity contribution in [2.75, 3.05) is 39.6 Å². The van der Waals surface area contributed by atoms with E-state index in [1.807, 2.05) is 19.1 Å². The molecule has 0 saturated carbocycles. The normalized spacial score (nSPS) is 12.7. The molecule has 1 aromatic carbocycles. The Bertz CT molecular complexity index is 512. The summed E-state index contributed by atoms with van der Waals surface area (Å²) in [5.74, 6) is 2.51. The lowest BCUT2D eigenvalue weighted by Crippen LogP contribution is -2.38. The molecule has 0 amide bonds. The van der Waals surface area contributed by atoms with Crippen molar-refractivity contribution < 1.29 is 14.2 Å². The van der Waals surface area contributed by atoms with E-state index < -0.39 is 0 Å². The number of benzene rings is 1. The van der Waals surface area contributed by atoms with Gasteiger partial charge in [0.1, 0.15) is 0 Å². The van der Waals surface area contributed by atoms with Crippen molar-refractivity contribution in [2.45, 2.75) is 26.7 Å². The topological polar surface area (TPSA) is 64.1 Å². The van der Waals surface area contributed by atoms with Crippen molar-refractivity contribution in [1.82, 2.24) is 10.6 Å². The number of nitrogens with one attached hydrogen (secondary N) is 2. The summed E-state index contributed by atoms with van der Waals surface area (Å²) in [7, 11) is 0. The van der Waals surface area contributed by atoms with Crippen LogP contribution in [0.15, 0.2) is 23.2 Å². The van der Waals surface area contributed by atoms with Gasteiger partial charge in [-0.3, -0.25) is 4.99 Å². The summed E-state index contributed by atoms with van der Waals surface area (Å²) in [4.78, 5) is 4.54. The first kappa shape index (κ1) is 20.8. The predicted octanol–water partition coefficient (Wildman–Crippen LogP) is 2.56. The molecule has 24 heavy (non-hydrogen) atoms. The molecule has 0 fully saturated rings. The molecule has 0 aliphatic carbocycles. The van der Waals surface area contributed by atoms with Crippen LogP contribution in [0.1, 0.15) is 25.8 Å². The first-order valence-corrected chi connectivity index (χ1v) is 8.32. The van der Waals surface area contributed by atoms with Gasteiger partial charge in [0.15, 0.2) is 17.5 Å². The van der Waals surface area contributed by atoms with Gasteiger partial charge < -0.3 is 24.8 Å². The van der Waals surface area contributed by atoms with E-state index in [0.717, 1.165) is 63.1 Å². The monoisotopic (exact) mass is 449 g/mol. The summed E-state index contributed by atoms with van der Waals surface area (Å²) >= 11 is 0. The van der Waals surface area contributed by atoms with Gasteiger partial charge in [-0.05, 0) is 44.4 Å². The van der Waals surface area contributed by atoms with E-state index in [4.69, 9.17) is 14.2 Å². The smallest absolute Gasteiger partial charge is 0.231 e. The maximum absolute atomic E-state index is 5.40. The molecule has 7 heteroatoms. The highest BCUT2D eigenvalue weighted by Gasteiger charge is 2.12. The highest BCUT2D eigenvalue weighted by molar-refractivity contribution is 14.0. The Kier molecular flexibility index (Phi) is 10.6. The summed E-state index contributed by atoms with van der Waals surface area (Å²) in [5, 5.41) is 6.61. The minimum absolute atomic E-state index is 0. The molecular weight excluding hydrogens is 421 g/mol. The summed E-state index contributed by atoms with van der Waals surface area (Å²) in [6.45, 7) is 8.34. The summed E-state index contributed by atoms with van der Waals surface area (Å²) in [5.41, 5.74) is 1.22. The van der Waals surface area contributed by atoms with Crippen LogP contribution in [-0.4, -0.2) is 45.6 Å². The molecule has 1 aromatic rings. The number of ether oxygens (including phenoxy) is 3. The van der Waals surface area contributed by atoms with E-state index in [0.29, 0.717) is 6.79 Å². The van der Waals surface area contributed by atoms with E-state index >= 15 is 0 Å². The molecule has 0 saturated heterocycles. The molecule has 2 N–H and O–H groups in total. The average molecular weight is 449 g/mol. The highest BCUT2D eigenvalue weighted by Crippen LogP contribution is 2.32. The van der Waals surface area contributed by atoms with Gasteiger partial charge in [-0.25, -0.2) is 0 Å². The fourth-order valence-electron chi connectivity index (χ4n) is 2.27. The summed E-state index contributed by atoms with van der Waals surface area (Å²) in [6.07, 6.45) is 1.84. The van der Waals surface area contributed by atoms with Crippen LogP contribution in [0.5, 0.6) is 11.5 Å². The zero-order valence-electron chi connectivity index (χ0n) is 14.5. The number of halogens is 1. The first-order valence-electron chi connectivity index (χ1n) is 8.32. The second-order valence-electron chi connectivity index (χ2n) is 5.18. The lowest BCUT2D eigenvalue weighted by Gasteiger charge is -2.11. The Labute approximate surface area is 161 Å². The molecule has 1 heterocycles. The molecule has 1 aliphatic rings. The van der Waals surface area contributed by atoms with Gasteiger partial charge in [-0.15, -0.1) is 24.0 Å². The van der Waals surface area contributed by atoms with E-state index in [2.05, 4.69) is 28.6 Å². The maximum Gasteiger partial charge on any atom is 0.231 e. The second-order valence-corrected chi connectivity index (χ2v) is 5.18. The fourth-order valence-corrected chi connectivity index (χ4v) is 2.27. The quantitative estimate of drug-likeness (QED) is 0.263. The van der Waals surface area contributed by atoms with Gasteiger partial charge in [-0.1, -0.05) is 6.07 Å². The van der Waals surface area contributed by atoms with Crippen molar-refractivity contribution in [3.8, 4) is 11.5 Å². The molecule has 0 atom stereocenters. The Morgan fingerprint density at radius 1 is 1.21 bits per heavy atom. The van der Waals surface area contributed by atoms with E-state index in [9.17, 15) is 0 Å². The molecule has 1 aliphatic heterocycles. The number of guanidine groups is 1. The number of fused-ring (bicyclic) bond motifs is 1. The van der Waals surface area contributed by atoms with Crippen LogP contribution in [0.2, 0.25) is 0 Å². The lowest BCUT2D eigenvalue weighted by molar-refractivity contribution is 0.146. The molecule has 0 bridgehead atoms. The minimum atomic E-state index is 0. The SMILES string of the molecule is CCNC(=NCCCOCC)NCCc1ccc2c(c1)OCO2.I. The molecular formula is C17H28IN3O3. The molecule has 0 unspecified atom stereocenters. The molecule has 0 aromatic heterocycles. The number of hydrogen-bond acceptors (Lipinski definition) is 4. The van der Waals surface area contributed by atoms with Gasteiger partial charge in [0.2, 0.25) is 6.79 Å². The van der Waals surface area contributed by atoms with Crippen molar-refractivity contribution in [3.05, 3.63) is 23.8 Å². The fraction of sp³-hybridized carbons (Fsp3) is 0.588. The highest BCUT2D eigenvalue weighted by atomic mass is 127. The Morgan fingerprint density at radius 2 is 2.04 bits per heavy atom. The van der Waals surface area contributed by atoms with Crippen LogP contribution in [-0.2, 0) is 11.2 Å². The number of hydrogen-bond donors (Lipinski definition) is 2. The Morgan fingerprint density at radius 3 is 2.83 bits per heavy atom. The van der Waals surface area contributed by atoms with E-state index in [1.165, 1.54) is 5.56 Å². The Hall–Kier alpha value is -1.22. The standard InChI is InChI=1S/C17H27N3O3.HI/c1-3-18-17(19-9-5-11-21-4-2)20-10-8-14-6-7-15-16(12-14)23-13-22-15;/h6-7,12H,3-5,8-11,13H2,1-2H3,(H2,18,19,20);1H. The first-order chi connectivity index (χ1) is 11.3. The van der Waals surface area contributed by atoms with Crippen molar-refractivity contribution >= 4 is 29.9 Å². The van der Waals surface area contributed by atoms with Gasteiger partial charge in [-0.2, -0.15) is 0 Å². The van der Waals surface area contributed by atoms with Crippen LogP contribution < -0.4 is 20.1 Å². The van der Waals surface area contributed by atoms with Crippen molar-refractivity contribution in [3.63, 3.8) is 0 Å². The molecule has 0 radical (unpaired) electrons. The molecule has 2 rings (SSSR count). The molecule has 6 nitrogen and oxygen atoms in total. The van der Waals surface area contributed by atoms with Gasteiger partial charge in [0.05, 0.1) is 0 Å². The maximum atomic E-state index is 5.40. The minimum Gasteiger partial charge on any atom is -0.454 e. The van der Waals surface area contributed by atoms with Crippen molar-refractivity contribution in [2.24, 2.45) is 4.99 Å². The third kappa shape index (κ3) is 7.12. The largest absolute Gasteiger partial charge is 0.454 e. The third-order valence-electron chi connectivity index (χ3n) is 3.41. The van der Waals surface area contributed by atoms with Crippen LogP contribution in [0.3, 0.4) is 0 Å². The van der Waals surface area contributed by atoms with Gasteiger partial charge in [0, 0.05) is 32.8 Å². The van der Waals surface area contributed by atoms with Crippen LogP contribution in [0.25, 0.3) is 0 Å². The zero-order chi connectivity index (χ0) is 16.3. The van der Waals surface area contributed by atoms with E-state index in [-0.39, 0.29) is 24.0 Å². The van der Waals surface area contributed by atoms with Crippen LogP contribution >= 0.6 is 24.0 Å². The lowest BCUT2D eigenvalue weighted by atomic mass is 10.1. The molecule has 136 valence electrons.